The first-order valence-corrected chi connectivity index (χ1v) is 8.59. The van der Waals surface area contributed by atoms with Crippen molar-refractivity contribution < 1.29 is 23.9 Å². The van der Waals surface area contributed by atoms with Crippen molar-refractivity contribution in [2.24, 2.45) is 0 Å². The van der Waals surface area contributed by atoms with Crippen LogP contribution in [0, 0.1) is 0 Å². The molecule has 0 spiro atoms. The summed E-state index contributed by atoms with van der Waals surface area (Å²) in [6, 6.07) is -0.132. The van der Waals surface area contributed by atoms with E-state index in [0.29, 0.717) is 19.5 Å². The molecule has 1 saturated heterocycles. The van der Waals surface area contributed by atoms with Crippen molar-refractivity contribution in [1.29, 1.82) is 0 Å². The SMILES string of the molecule is CC(=O)NCCCC(=O)OC[C@H]1CCCCN1C(=O)OC(C)(C)C. The summed E-state index contributed by atoms with van der Waals surface area (Å²) in [7, 11) is 0. The number of likely N-dealkylation sites (tertiary alicyclic amines) is 1. The van der Waals surface area contributed by atoms with E-state index < -0.39 is 5.60 Å². The van der Waals surface area contributed by atoms with Crippen LogP contribution in [-0.2, 0) is 19.1 Å². The molecule has 138 valence electrons. The average Bonchev–Trinajstić information content (AvgIpc) is 2.48. The second-order valence-electron chi connectivity index (χ2n) is 7.09. The first-order valence-electron chi connectivity index (χ1n) is 8.59. The summed E-state index contributed by atoms with van der Waals surface area (Å²) in [5, 5.41) is 2.63. The van der Waals surface area contributed by atoms with Crippen molar-refractivity contribution in [3.63, 3.8) is 0 Å². The van der Waals surface area contributed by atoms with Crippen LogP contribution in [0.2, 0.25) is 0 Å². The molecule has 1 N–H and O–H groups in total. The van der Waals surface area contributed by atoms with Gasteiger partial charge in [0.05, 0.1) is 6.04 Å². The Morgan fingerprint density at radius 3 is 2.54 bits per heavy atom. The van der Waals surface area contributed by atoms with Gasteiger partial charge in [-0.1, -0.05) is 0 Å². The first-order chi connectivity index (χ1) is 11.2. The van der Waals surface area contributed by atoms with Crippen LogP contribution in [0.4, 0.5) is 4.79 Å². The summed E-state index contributed by atoms with van der Waals surface area (Å²) in [5.74, 6) is -0.423. The fourth-order valence-corrected chi connectivity index (χ4v) is 2.49. The van der Waals surface area contributed by atoms with Crippen molar-refractivity contribution in [3.05, 3.63) is 0 Å². The largest absolute Gasteiger partial charge is 0.463 e. The van der Waals surface area contributed by atoms with Gasteiger partial charge < -0.3 is 19.7 Å². The van der Waals surface area contributed by atoms with E-state index in [0.717, 1.165) is 19.3 Å². The zero-order valence-corrected chi connectivity index (χ0v) is 15.2. The van der Waals surface area contributed by atoms with Gasteiger partial charge in [0, 0.05) is 26.4 Å². The van der Waals surface area contributed by atoms with Crippen LogP contribution >= 0.6 is 0 Å². The predicted octanol–water partition coefficient (Wildman–Crippen LogP) is 2.24. The molecule has 0 aromatic carbocycles. The van der Waals surface area contributed by atoms with E-state index in [9.17, 15) is 14.4 Å². The molecule has 0 aliphatic carbocycles. The van der Waals surface area contributed by atoms with Gasteiger partial charge in [-0.05, 0) is 46.5 Å². The molecule has 24 heavy (non-hydrogen) atoms. The Bertz CT molecular complexity index is 445. The minimum atomic E-state index is -0.542. The number of piperidine rings is 1. The van der Waals surface area contributed by atoms with Crippen molar-refractivity contribution in [2.45, 2.75) is 71.4 Å². The number of rotatable bonds is 6. The van der Waals surface area contributed by atoms with E-state index in [1.165, 1.54) is 6.92 Å². The van der Waals surface area contributed by atoms with Crippen molar-refractivity contribution >= 4 is 18.0 Å². The maximum atomic E-state index is 12.3. The maximum Gasteiger partial charge on any atom is 0.410 e. The second-order valence-corrected chi connectivity index (χ2v) is 7.09. The van der Waals surface area contributed by atoms with Crippen molar-refractivity contribution in [1.82, 2.24) is 10.2 Å². The molecule has 0 aromatic heterocycles. The number of nitrogens with one attached hydrogen (secondary N) is 1. The Hall–Kier alpha value is -1.79. The highest BCUT2D eigenvalue weighted by Crippen LogP contribution is 2.20. The molecule has 1 aliphatic heterocycles. The minimum Gasteiger partial charge on any atom is -0.463 e. The van der Waals surface area contributed by atoms with Crippen LogP contribution in [-0.4, -0.2) is 54.2 Å². The van der Waals surface area contributed by atoms with E-state index in [4.69, 9.17) is 9.47 Å². The number of hydrogen-bond donors (Lipinski definition) is 1. The van der Waals surface area contributed by atoms with Gasteiger partial charge in [0.2, 0.25) is 5.91 Å². The molecule has 0 bridgehead atoms. The number of carbonyl (C=O) groups is 3. The number of nitrogens with zero attached hydrogens (tertiary/aromatic N) is 1. The Balaban J connectivity index is 2.38. The van der Waals surface area contributed by atoms with Gasteiger partial charge in [0.15, 0.2) is 0 Å². The van der Waals surface area contributed by atoms with Crippen LogP contribution in [0.15, 0.2) is 0 Å². The van der Waals surface area contributed by atoms with Gasteiger partial charge in [0.1, 0.15) is 12.2 Å². The fourth-order valence-electron chi connectivity index (χ4n) is 2.49. The lowest BCUT2D eigenvalue weighted by Crippen LogP contribution is -2.48. The summed E-state index contributed by atoms with van der Waals surface area (Å²) in [6.07, 6.45) is 3.18. The molecule has 1 rings (SSSR count). The lowest BCUT2D eigenvalue weighted by Gasteiger charge is -2.36. The van der Waals surface area contributed by atoms with E-state index in [2.05, 4.69) is 5.32 Å². The van der Waals surface area contributed by atoms with Crippen LogP contribution in [0.5, 0.6) is 0 Å². The molecule has 1 heterocycles. The number of carbonyl (C=O) groups excluding carboxylic acids is 3. The van der Waals surface area contributed by atoms with Crippen molar-refractivity contribution in [2.75, 3.05) is 19.7 Å². The Morgan fingerprint density at radius 1 is 1.21 bits per heavy atom. The lowest BCUT2D eigenvalue weighted by molar-refractivity contribution is -0.146. The summed E-state index contributed by atoms with van der Waals surface area (Å²) in [4.78, 5) is 36.4. The molecule has 1 aliphatic rings. The third-order valence-electron chi connectivity index (χ3n) is 3.62. The van der Waals surface area contributed by atoms with Gasteiger partial charge in [-0.3, -0.25) is 9.59 Å². The third kappa shape index (κ3) is 8.17. The summed E-state index contributed by atoms with van der Waals surface area (Å²) < 4.78 is 10.7. The molecule has 0 aromatic rings. The topological polar surface area (TPSA) is 84.9 Å². The number of esters is 1. The number of amides is 2. The highest BCUT2D eigenvalue weighted by molar-refractivity contribution is 5.73. The average molecular weight is 342 g/mol. The zero-order chi connectivity index (χ0) is 18.2. The van der Waals surface area contributed by atoms with E-state index in [1.807, 2.05) is 20.8 Å². The second kappa shape index (κ2) is 9.49. The van der Waals surface area contributed by atoms with Gasteiger partial charge >= 0.3 is 12.1 Å². The first kappa shape index (κ1) is 20.3. The van der Waals surface area contributed by atoms with E-state index >= 15 is 0 Å². The van der Waals surface area contributed by atoms with Crippen LogP contribution in [0.1, 0.15) is 59.8 Å². The fraction of sp³-hybridized carbons (Fsp3) is 0.824. The lowest BCUT2D eigenvalue weighted by atomic mass is 10.0. The molecule has 0 radical (unpaired) electrons. The number of hydrogen-bond acceptors (Lipinski definition) is 5. The van der Waals surface area contributed by atoms with Crippen molar-refractivity contribution in [3.8, 4) is 0 Å². The molecule has 1 atom stereocenters. The third-order valence-corrected chi connectivity index (χ3v) is 3.62. The molecule has 7 nitrogen and oxygen atoms in total. The molecular weight excluding hydrogens is 312 g/mol. The standard InChI is InChI=1S/C17H30N2O5/c1-13(20)18-10-7-9-15(21)23-12-14-8-5-6-11-19(14)16(22)24-17(2,3)4/h14H,5-12H2,1-4H3,(H,18,20)/t14-/m1/s1. The molecular formula is C17H30N2O5. The summed E-state index contributed by atoms with van der Waals surface area (Å²) in [5.41, 5.74) is -0.542. The molecule has 2 amide bonds. The highest BCUT2D eigenvalue weighted by atomic mass is 16.6. The minimum absolute atomic E-state index is 0.112. The Labute approximate surface area is 144 Å². The van der Waals surface area contributed by atoms with E-state index in [1.54, 1.807) is 4.90 Å². The highest BCUT2D eigenvalue weighted by Gasteiger charge is 2.31. The van der Waals surface area contributed by atoms with Gasteiger partial charge in [-0.2, -0.15) is 0 Å². The van der Waals surface area contributed by atoms with Gasteiger partial charge in [0.25, 0.3) is 0 Å². The van der Waals surface area contributed by atoms with E-state index in [-0.39, 0.29) is 37.0 Å². The quantitative estimate of drug-likeness (QED) is 0.591. The monoisotopic (exact) mass is 342 g/mol. The molecule has 1 fully saturated rings. The van der Waals surface area contributed by atoms with Gasteiger partial charge in [-0.25, -0.2) is 4.79 Å². The Morgan fingerprint density at radius 2 is 1.92 bits per heavy atom. The van der Waals surface area contributed by atoms with Crippen LogP contribution in [0.25, 0.3) is 0 Å². The normalized spacial score (nSPS) is 18.0. The summed E-state index contributed by atoms with van der Waals surface area (Å²) >= 11 is 0. The zero-order valence-electron chi connectivity index (χ0n) is 15.2. The molecule has 0 saturated carbocycles. The van der Waals surface area contributed by atoms with Crippen LogP contribution < -0.4 is 5.32 Å². The Kier molecular flexibility index (Phi) is 8.01. The van der Waals surface area contributed by atoms with Gasteiger partial charge in [-0.15, -0.1) is 0 Å². The molecule has 0 unspecified atom stereocenters. The smallest absolute Gasteiger partial charge is 0.410 e. The van der Waals surface area contributed by atoms with Crippen LogP contribution in [0.3, 0.4) is 0 Å². The predicted molar refractivity (Wildman–Crippen MR) is 89.5 cm³/mol. The summed E-state index contributed by atoms with van der Waals surface area (Å²) in [6.45, 7) is 8.21. The maximum absolute atomic E-state index is 12.3. The molecule has 7 heteroatoms. The number of ether oxygens (including phenoxy) is 2.